The van der Waals surface area contributed by atoms with E-state index in [2.05, 4.69) is 20.9 Å². The van der Waals surface area contributed by atoms with Crippen LogP contribution in [0.25, 0.3) is 11.0 Å². The third kappa shape index (κ3) is 6.06. The first kappa shape index (κ1) is 26.7. The van der Waals surface area contributed by atoms with Gasteiger partial charge in [-0.1, -0.05) is 12.1 Å². The number of halogens is 1. The molecule has 2 aliphatic carbocycles. The van der Waals surface area contributed by atoms with Crippen molar-refractivity contribution in [1.29, 1.82) is 0 Å². The number of rotatable bonds is 5. The Kier molecular flexibility index (Phi) is 7.83. The lowest BCUT2D eigenvalue weighted by molar-refractivity contribution is -0.134. The van der Waals surface area contributed by atoms with E-state index in [1.165, 1.54) is 12.8 Å². The average Bonchev–Trinajstić information content (AvgIpc) is 3.59. The molecule has 0 bridgehead atoms. The van der Waals surface area contributed by atoms with Gasteiger partial charge in [0.05, 0.1) is 11.0 Å². The van der Waals surface area contributed by atoms with Crippen molar-refractivity contribution in [1.82, 2.24) is 14.5 Å². The van der Waals surface area contributed by atoms with Crippen molar-refractivity contribution < 1.29 is 24.2 Å². The molecule has 2 unspecified atom stereocenters. The number of para-hydroxylation sites is 2. The molecule has 2 saturated carbocycles. The van der Waals surface area contributed by atoms with Crippen molar-refractivity contribution in [3.63, 3.8) is 0 Å². The summed E-state index contributed by atoms with van der Waals surface area (Å²) in [5.41, 5.74) is 3.16. The van der Waals surface area contributed by atoms with E-state index < -0.39 is 11.9 Å². The van der Waals surface area contributed by atoms with Crippen LogP contribution in [-0.4, -0.2) is 68.8 Å². The van der Waals surface area contributed by atoms with Gasteiger partial charge in [-0.05, 0) is 73.9 Å². The van der Waals surface area contributed by atoms with Gasteiger partial charge in [0.25, 0.3) is 0 Å². The number of benzene rings is 2. The number of nitrogens with one attached hydrogen (secondary N) is 1. The Hall–Kier alpha value is -3.92. The van der Waals surface area contributed by atoms with Crippen LogP contribution in [0.5, 0.6) is 0 Å². The molecular weight excluding hydrogens is 503 g/mol. The number of fused-ring (bicyclic) bond motifs is 2. The van der Waals surface area contributed by atoms with Crippen LogP contribution in [0.2, 0.25) is 0 Å². The van der Waals surface area contributed by atoms with Crippen LogP contribution in [0.4, 0.5) is 10.1 Å². The number of hydrogen-bond donors (Lipinski definition) is 3. The fraction of sp³-hybridized carbons (Fsp3) is 0.414. The molecule has 1 aromatic heterocycles. The number of aliphatic carboxylic acids is 2. The van der Waals surface area contributed by atoms with Gasteiger partial charge in [0.15, 0.2) is 0 Å². The van der Waals surface area contributed by atoms with Crippen LogP contribution in [-0.2, 0) is 9.59 Å². The minimum Gasteiger partial charge on any atom is -0.478 e. The number of imidazole rings is 1. The first-order valence-electron chi connectivity index (χ1n) is 13.4. The molecule has 206 valence electrons. The fourth-order valence-corrected chi connectivity index (χ4v) is 6.64. The zero-order valence-corrected chi connectivity index (χ0v) is 21.6. The van der Waals surface area contributed by atoms with Gasteiger partial charge in [-0.3, -0.25) is 9.47 Å². The molecule has 3 aliphatic rings. The van der Waals surface area contributed by atoms with Crippen LogP contribution in [0.15, 0.2) is 65.5 Å². The SMILES string of the molecule is O=C(O)/C=C/C(=O)O.O=c1[nH]c2ccccc2n1C1CC2CC(N3CCN(c4ccc(F)cc4)CC3)CC2C1. The quantitative estimate of drug-likeness (QED) is 0.425. The molecule has 2 aromatic carbocycles. The number of hydrogen-bond acceptors (Lipinski definition) is 5. The molecule has 1 aliphatic heterocycles. The molecule has 0 spiro atoms. The molecular formula is C29H33FN4O5. The Morgan fingerprint density at radius 3 is 1.97 bits per heavy atom. The van der Waals surface area contributed by atoms with Crippen molar-refractivity contribution >= 4 is 28.7 Å². The molecule has 0 amide bonds. The van der Waals surface area contributed by atoms with Crippen LogP contribution >= 0.6 is 0 Å². The Morgan fingerprint density at radius 1 is 0.821 bits per heavy atom. The number of aromatic nitrogens is 2. The van der Waals surface area contributed by atoms with Gasteiger partial charge in [-0.15, -0.1) is 0 Å². The Morgan fingerprint density at radius 2 is 1.38 bits per heavy atom. The molecule has 10 heteroatoms. The monoisotopic (exact) mass is 536 g/mol. The van der Waals surface area contributed by atoms with Gasteiger partial charge in [-0.2, -0.15) is 0 Å². The van der Waals surface area contributed by atoms with E-state index in [0.29, 0.717) is 24.2 Å². The van der Waals surface area contributed by atoms with Gasteiger partial charge in [0.1, 0.15) is 5.82 Å². The molecule has 39 heavy (non-hydrogen) atoms. The normalized spacial score (nSPS) is 25.0. The Labute approximate surface area is 225 Å². The van der Waals surface area contributed by atoms with Crippen LogP contribution in [0, 0.1) is 17.7 Å². The summed E-state index contributed by atoms with van der Waals surface area (Å²) >= 11 is 0. The highest BCUT2D eigenvalue weighted by molar-refractivity contribution is 5.89. The van der Waals surface area contributed by atoms with E-state index in [1.807, 2.05) is 34.9 Å². The Bertz CT molecular complexity index is 1380. The average molecular weight is 537 g/mol. The number of nitrogens with zero attached hydrogens (tertiary/aromatic N) is 3. The maximum Gasteiger partial charge on any atom is 0.328 e. The van der Waals surface area contributed by atoms with E-state index in [9.17, 15) is 18.8 Å². The van der Waals surface area contributed by atoms with E-state index in [-0.39, 0.29) is 11.5 Å². The van der Waals surface area contributed by atoms with Crippen molar-refractivity contribution in [2.75, 3.05) is 31.1 Å². The first-order valence-corrected chi connectivity index (χ1v) is 13.4. The lowest BCUT2D eigenvalue weighted by atomic mass is 10.0. The predicted molar refractivity (Wildman–Crippen MR) is 145 cm³/mol. The maximum absolute atomic E-state index is 13.2. The zero-order valence-electron chi connectivity index (χ0n) is 21.6. The molecule has 3 aromatic rings. The topological polar surface area (TPSA) is 119 Å². The summed E-state index contributed by atoms with van der Waals surface area (Å²) in [7, 11) is 0. The molecule has 3 fully saturated rings. The molecule has 1 saturated heterocycles. The van der Waals surface area contributed by atoms with Crippen molar-refractivity contribution in [3.8, 4) is 0 Å². The third-order valence-corrected chi connectivity index (χ3v) is 8.35. The van der Waals surface area contributed by atoms with Gasteiger partial charge < -0.3 is 20.1 Å². The second kappa shape index (κ2) is 11.4. The summed E-state index contributed by atoms with van der Waals surface area (Å²) in [4.78, 5) is 39.8. The highest BCUT2D eigenvalue weighted by Gasteiger charge is 2.44. The van der Waals surface area contributed by atoms with Crippen LogP contribution in [0.3, 0.4) is 0 Å². The molecule has 3 N–H and O–H groups in total. The molecule has 2 atom stereocenters. The third-order valence-electron chi connectivity index (χ3n) is 8.35. The van der Waals surface area contributed by atoms with E-state index in [1.54, 1.807) is 12.1 Å². The molecule has 6 rings (SSSR count). The largest absolute Gasteiger partial charge is 0.478 e. The molecule has 0 radical (unpaired) electrons. The van der Waals surface area contributed by atoms with E-state index in [4.69, 9.17) is 10.2 Å². The van der Waals surface area contributed by atoms with Gasteiger partial charge in [0, 0.05) is 56.1 Å². The van der Waals surface area contributed by atoms with Crippen molar-refractivity contribution in [2.45, 2.75) is 37.8 Å². The number of piperazine rings is 1. The summed E-state index contributed by atoms with van der Waals surface area (Å²) in [6.07, 6.45) is 5.88. The van der Waals surface area contributed by atoms with Crippen molar-refractivity contribution in [3.05, 3.63) is 77.0 Å². The number of H-pyrrole nitrogens is 1. The lowest BCUT2D eigenvalue weighted by Gasteiger charge is -2.39. The second-order valence-corrected chi connectivity index (χ2v) is 10.6. The molecule has 2 heterocycles. The number of carboxylic acids is 2. The van der Waals surface area contributed by atoms with Gasteiger partial charge in [0.2, 0.25) is 0 Å². The number of anilines is 1. The standard InChI is InChI=1S/C25H29FN4O.C4H4O4/c26-19-5-7-20(8-6-19)28-9-11-29(12-10-28)21-13-17-15-22(16-18(17)14-21)30-24-4-2-1-3-23(24)27-25(30)31;5-3(6)1-2-4(7)8/h1-8,17-18,21-22H,9-16H2,(H,27,31);1-2H,(H,5,6)(H,7,8)/b;2-1+. The van der Waals surface area contributed by atoms with Crippen LogP contribution < -0.4 is 10.6 Å². The second-order valence-electron chi connectivity index (χ2n) is 10.6. The lowest BCUT2D eigenvalue weighted by Crippen LogP contribution is -2.50. The summed E-state index contributed by atoms with van der Waals surface area (Å²) in [6.45, 7) is 4.16. The smallest absolute Gasteiger partial charge is 0.328 e. The number of carbonyl (C=O) groups is 2. The Balaban J connectivity index is 0.000000339. The summed E-state index contributed by atoms with van der Waals surface area (Å²) in [5.74, 6) is -1.23. The van der Waals surface area contributed by atoms with Gasteiger partial charge in [-0.25, -0.2) is 18.8 Å². The van der Waals surface area contributed by atoms with Gasteiger partial charge >= 0.3 is 17.6 Å². The first-order chi connectivity index (χ1) is 18.8. The minimum atomic E-state index is -1.26. The van der Waals surface area contributed by atoms with E-state index >= 15 is 0 Å². The molecule has 9 nitrogen and oxygen atoms in total. The highest BCUT2D eigenvalue weighted by Crippen LogP contribution is 2.50. The number of carboxylic acid groups (broad SMARTS) is 2. The predicted octanol–water partition coefficient (Wildman–Crippen LogP) is 3.73. The van der Waals surface area contributed by atoms with E-state index in [0.717, 1.165) is 67.6 Å². The summed E-state index contributed by atoms with van der Waals surface area (Å²) in [5, 5.41) is 15.6. The van der Waals surface area contributed by atoms with Crippen molar-refractivity contribution in [2.24, 2.45) is 11.8 Å². The number of aromatic amines is 1. The maximum atomic E-state index is 13.2. The summed E-state index contributed by atoms with van der Waals surface area (Å²) in [6, 6.07) is 15.9. The zero-order chi connectivity index (χ0) is 27.5. The summed E-state index contributed by atoms with van der Waals surface area (Å²) < 4.78 is 15.2. The van der Waals surface area contributed by atoms with Crippen LogP contribution in [0.1, 0.15) is 31.7 Å². The highest BCUT2D eigenvalue weighted by atomic mass is 19.1. The fourth-order valence-electron chi connectivity index (χ4n) is 6.64. The minimum absolute atomic E-state index is 0.0413.